The number of carbonyl (C=O) groups is 1. The van der Waals surface area contributed by atoms with Gasteiger partial charge in [0.1, 0.15) is 45.5 Å². The van der Waals surface area contributed by atoms with Crippen LogP contribution in [0.3, 0.4) is 0 Å². The van der Waals surface area contributed by atoms with Crippen LogP contribution in [0.1, 0.15) is 30.5 Å². The van der Waals surface area contributed by atoms with Crippen molar-refractivity contribution in [3.8, 4) is 62.3 Å². The zero-order chi connectivity index (χ0) is 76.1. The summed E-state index contributed by atoms with van der Waals surface area (Å²) in [4.78, 5) is 24.3. The molecule has 106 heavy (non-hydrogen) atoms. The van der Waals surface area contributed by atoms with Crippen LogP contribution in [0.25, 0.3) is 88.9 Å². The molecule has 533 valence electrons. The van der Waals surface area contributed by atoms with E-state index in [2.05, 4.69) is 118 Å². The third-order valence-corrected chi connectivity index (χ3v) is 17.5. The molecule has 1 fully saturated rings. The van der Waals surface area contributed by atoms with Gasteiger partial charge in [-0.25, -0.2) is 13.8 Å². The summed E-state index contributed by atoms with van der Waals surface area (Å²) in [6.45, 7) is 8.10. The zero-order valence-electron chi connectivity index (χ0n) is 60.1. The molecule has 1 radical (unpaired) electrons. The quantitative estimate of drug-likeness (QED) is 0.0322. The Labute approximate surface area is 730 Å². The summed E-state index contributed by atoms with van der Waals surface area (Å²) >= 11 is 26.6. The summed E-state index contributed by atoms with van der Waals surface area (Å²) < 4.78 is 73.6. The number of para-hydroxylation sites is 5. The smallest absolute Gasteiger partial charge is 1.00 e. The molecule has 0 amide bonds. The van der Waals surface area contributed by atoms with Crippen LogP contribution in [-0.4, -0.2) is 76.9 Å². The minimum Gasteiger partial charge on any atom is -1.00 e. The van der Waals surface area contributed by atoms with Gasteiger partial charge >= 0.3 is 118 Å². The number of furan rings is 2. The number of aromatic hydroxyl groups is 2. The van der Waals surface area contributed by atoms with Gasteiger partial charge in [0.25, 0.3) is 6.47 Å². The molecular formula is C78H66B2BrCl4F3K2N4O11P. The number of fused-ring (bicyclic) bond motifs is 6. The Morgan fingerprint density at radius 3 is 1.48 bits per heavy atom. The Bertz CT molecular complexity index is 5070. The van der Waals surface area contributed by atoms with E-state index in [1.165, 1.54) is 35.9 Å². The van der Waals surface area contributed by atoms with E-state index in [1.54, 1.807) is 61.6 Å². The number of hydrogen-bond acceptors (Lipinski definition) is 15. The van der Waals surface area contributed by atoms with E-state index in [0.717, 1.165) is 71.1 Å². The van der Waals surface area contributed by atoms with Crippen LogP contribution >= 0.6 is 71.4 Å². The number of hydrogen-bond donors (Lipinski definition) is 3. The summed E-state index contributed by atoms with van der Waals surface area (Å²) in [7, 11) is 3.62. The molecule has 15 nitrogen and oxygen atoms in total. The molecule has 14 aromatic rings. The number of phenolic OH excluding ortho intramolecular Hbond substituents is 2. The Kier molecular flexibility index (Phi) is 38.1. The van der Waals surface area contributed by atoms with Gasteiger partial charge in [-0.3, -0.25) is 13.9 Å². The summed E-state index contributed by atoms with van der Waals surface area (Å²) in [5.74, 6) is 0.634. The van der Waals surface area contributed by atoms with Crippen molar-refractivity contribution >= 4 is 142 Å². The zero-order valence-corrected chi connectivity index (χ0v) is 70.0. The number of halogens is 8. The minimum absolute atomic E-state index is 0. The number of aromatic nitrogens is 3. The van der Waals surface area contributed by atoms with Crippen LogP contribution < -0.4 is 118 Å². The first kappa shape index (κ1) is 88.6. The molecule has 0 bridgehead atoms. The second-order valence-corrected chi connectivity index (χ2v) is 25.2. The maximum Gasteiger partial charge on any atom is 1.00 e. The predicted octanol–water partition coefficient (Wildman–Crippen LogP) is 15.1. The fourth-order valence-corrected chi connectivity index (χ4v) is 11.0. The van der Waals surface area contributed by atoms with E-state index in [0.29, 0.717) is 34.4 Å². The number of phenols is 2. The molecule has 1 saturated heterocycles. The van der Waals surface area contributed by atoms with Crippen molar-refractivity contribution in [3.63, 3.8) is 0 Å². The standard InChI is InChI=1S/C21H14ClN3.C18H19BO3.C12H8ClFO.C12H7ClO.C6H6BO3.C6H3BrClF.CH3F.CH4NP.CH2O3.2K.H/c22-21-24-19(17-9-5-2-6-10-17)23-20(25-21)18-13-11-16(12-14-18)15-7-3-1-4-8-15;1-17(2)18(3,4)22-19(21-17)13-9-7-11-15-16(13)12-8-5-6-10-14(12)20-15;13-9-5-3-6-10(14)12(9)8-4-1-2-7-11(8)15;13-9-5-3-7-11-12(9)8-4-1-2-6-10(8)14-11;8-5-3-1-2-4-6(5)10-7-9;7-6-4(8)2-1-3-5(6)9;1-2;1-2-3;2-1-4-3;;;/h1-14H;5-11H,1-4H3;1-7,15H;1-7H;1-4,8-9H;1-3H;1H3;3H,1H3;1,3H;;;/q;;;;;;;;;2*+1;-1/p-1/i;;;;;;1D;;;;;. The molecule has 0 aliphatic carbocycles. The van der Waals surface area contributed by atoms with Gasteiger partial charge in [0.2, 0.25) is 5.28 Å². The largest absolute Gasteiger partial charge is 1.00 e. The van der Waals surface area contributed by atoms with E-state index in [-0.39, 0.29) is 168 Å². The predicted molar refractivity (Wildman–Crippen MR) is 416 cm³/mol. The van der Waals surface area contributed by atoms with Gasteiger partial charge < -0.3 is 49.6 Å². The van der Waals surface area contributed by atoms with Crippen molar-refractivity contribution in [2.45, 2.75) is 38.9 Å². The maximum atomic E-state index is 13.5. The SMILES string of the molecule is CC1(C)OB(c2cccc3oc4ccccc4c23)OC1(C)C.CN=P.Clc1cccc2oc3ccccc3c12.Clc1nc(-c2ccccc2)nc(-c2ccc(-c3ccccc3)cc2)n1.Fc1cccc(Cl)c1Br.O=CO[O-].O[B]Oc1ccccc1O.Oc1ccccc1-c1c(F)cccc1Cl.[2H]CF.[H-].[K+].[K+]. The van der Waals surface area contributed by atoms with Crippen molar-refractivity contribution < 1.29 is 172 Å². The van der Waals surface area contributed by atoms with Crippen LogP contribution in [0, 0.1) is 11.6 Å². The average Bonchev–Trinajstić information content (AvgIpc) is 1.59. The molecule has 0 unspecified atom stereocenters. The third kappa shape index (κ3) is 25.1. The van der Waals surface area contributed by atoms with E-state index >= 15 is 0 Å². The topological polar surface area (TPSA) is 215 Å². The molecule has 1 aliphatic heterocycles. The molecule has 11 aromatic carbocycles. The van der Waals surface area contributed by atoms with Crippen molar-refractivity contribution in [1.29, 1.82) is 0 Å². The first-order valence-corrected chi connectivity index (χ1v) is 33.8. The van der Waals surface area contributed by atoms with E-state index in [9.17, 15) is 18.3 Å². The van der Waals surface area contributed by atoms with Gasteiger partial charge in [-0.1, -0.05) is 217 Å². The number of rotatable bonds is 8. The van der Waals surface area contributed by atoms with E-state index in [4.69, 9.17) is 86.1 Å². The van der Waals surface area contributed by atoms with Gasteiger partial charge in [0, 0.05) is 50.8 Å². The van der Waals surface area contributed by atoms with Crippen LogP contribution in [0.2, 0.25) is 20.4 Å². The molecule has 3 aromatic heterocycles. The van der Waals surface area contributed by atoms with Crippen molar-refractivity contribution in [3.05, 3.63) is 291 Å². The molecule has 3 N–H and O–H groups in total. The molecule has 28 heteroatoms. The Morgan fingerprint density at radius 1 is 0.566 bits per heavy atom. The Balaban J connectivity index is 0.000000273. The Morgan fingerprint density at radius 2 is 0.972 bits per heavy atom. The molecular weight excluding hydrogens is 1580 g/mol. The molecule has 0 saturated carbocycles. The van der Waals surface area contributed by atoms with Crippen LogP contribution in [-0.2, 0) is 19.0 Å². The van der Waals surface area contributed by atoms with Gasteiger partial charge in [0.15, 0.2) is 17.4 Å². The molecule has 15 rings (SSSR count). The number of benzene rings is 11. The van der Waals surface area contributed by atoms with Crippen LogP contribution in [0.15, 0.2) is 273 Å². The van der Waals surface area contributed by atoms with Gasteiger partial charge in [-0.15, -0.1) is 0 Å². The summed E-state index contributed by atoms with van der Waals surface area (Å²) in [5.41, 5.74) is 8.59. The number of carbonyl (C=O) groups excluding carboxylic acids is 1. The summed E-state index contributed by atoms with van der Waals surface area (Å²) in [5, 5.41) is 41.1. The monoisotopic (exact) mass is 1640 g/mol. The molecule has 0 spiro atoms. The van der Waals surface area contributed by atoms with Crippen molar-refractivity contribution in [2.24, 2.45) is 4.74 Å². The summed E-state index contributed by atoms with van der Waals surface area (Å²) in [6, 6.07) is 77.7. The third-order valence-electron chi connectivity index (χ3n) is 15.3. The van der Waals surface area contributed by atoms with Crippen LogP contribution in [0.5, 0.6) is 17.2 Å². The molecule has 1 aliphatic rings. The molecule has 4 heterocycles. The van der Waals surface area contributed by atoms with Crippen LogP contribution in [0.4, 0.5) is 13.2 Å². The fraction of sp³-hybridized carbons (Fsp3) is 0.103. The fourth-order valence-electron chi connectivity index (χ4n) is 9.87. The normalized spacial score (nSPS) is 11.8. The molecule has 0 atom stereocenters. The number of alkyl halides is 1. The van der Waals surface area contributed by atoms with Gasteiger partial charge in [-0.2, -0.15) is 9.97 Å². The van der Waals surface area contributed by atoms with E-state index in [1.807, 2.05) is 133 Å². The second-order valence-electron chi connectivity index (χ2n) is 22.4. The first-order chi connectivity index (χ1) is 50.5. The van der Waals surface area contributed by atoms with Gasteiger partial charge in [-0.05, 0) is 154 Å². The van der Waals surface area contributed by atoms with Crippen molar-refractivity contribution in [2.75, 3.05) is 14.2 Å². The van der Waals surface area contributed by atoms with E-state index < -0.39 is 13.0 Å². The van der Waals surface area contributed by atoms with Crippen molar-refractivity contribution in [1.82, 2.24) is 15.0 Å². The summed E-state index contributed by atoms with van der Waals surface area (Å²) in [6.07, 6.45) is 0. The average molecular weight is 1650 g/mol. The second kappa shape index (κ2) is 45.6. The first-order valence-electron chi connectivity index (χ1n) is 31.8. The minimum atomic E-state index is -1.00. The maximum absolute atomic E-state index is 13.5. The number of nitrogens with zero attached hydrogens (tertiary/aromatic N) is 4. The van der Waals surface area contributed by atoms with Gasteiger partial charge in [0.05, 0.1) is 39.3 Å². The Hall–Kier alpha value is -6.33.